The average molecular weight is 529 g/mol. The molecule has 38 heavy (non-hydrogen) atoms. The maximum Gasteiger partial charge on any atom is 0.331 e. The van der Waals surface area contributed by atoms with Crippen LogP contribution in [-0.2, 0) is 6.54 Å². The Morgan fingerprint density at radius 1 is 1.05 bits per heavy atom. The van der Waals surface area contributed by atoms with E-state index >= 15 is 0 Å². The molecule has 0 aliphatic carbocycles. The second-order valence-electron chi connectivity index (χ2n) is 8.87. The van der Waals surface area contributed by atoms with Crippen molar-refractivity contribution in [2.45, 2.75) is 6.54 Å². The molecule has 0 saturated carbocycles. The smallest absolute Gasteiger partial charge is 0.331 e. The largest absolute Gasteiger partial charge is 0.369 e. The predicted octanol–water partition coefficient (Wildman–Crippen LogP) is 3.83. The normalized spacial score (nSPS) is 12.7. The Bertz CT molecular complexity index is 1600. The molecule has 0 atom stereocenters. The van der Waals surface area contributed by atoms with Gasteiger partial charge in [0.15, 0.2) is 5.96 Å². The van der Waals surface area contributed by atoms with Gasteiger partial charge in [-0.05, 0) is 36.4 Å². The highest BCUT2D eigenvalue weighted by molar-refractivity contribution is 6.31. The third kappa shape index (κ3) is 5.15. The summed E-state index contributed by atoms with van der Waals surface area (Å²) in [5, 5.41) is 2.33. The number of nitrogens with zero attached hydrogens (tertiary/aromatic N) is 5. The van der Waals surface area contributed by atoms with Gasteiger partial charge in [0.1, 0.15) is 11.5 Å². The molecule has 190 valence electrons. The van der Waals surface area contributed by atoms with Gasteiger partial charge in [-0.25, -0.2) is 9.71 Å². The van der Waals surface area contributed by atoms with Gasteiger partial charge >= 0.3 is 5.95 Å². The molecule has 1 aromatic heterocycles. The van der Waals surface area contributed by atoms with E-state index in [1.54, 1.807) is 79.8 Å². The molecule has 1 aliphatic heterocycles. The van der Waals surface area contributed by atoms with E-state index in [1.165, 1.54) is 6.07 Å². The number of hydrogen-bond acceptors (Lipinski definition) is 4. The van der Waals surface area contributed by atoms with Crippen LogP contribution in [0.1, 0.15) is 27.0 Å². The molecule has 10 heteroatoms. The lowest BCUT2D eigenvalue weighted by Crippen LogP contribution is -2.72. The first-order valence-corrected chi connectivity index (χ1v) is 12.1. The fourth-order valence-electron chi connectivity index (χ4n) is 4.03. The number of amides is 1. The number of carbonyl (C=O) groups excluding carboxylic acids is 1. The van der Waals surface area contributed by atoms with E-state index in [1.807, 2.05) is 11.4 Å². The van der Waals surface area contributed by atoms with Crippen molar-refractivity contribution in [3.63, 3.8) is 0 Å². The van der Waals surface area contributed by atoms with Gasteiger partial charge in [0, 0.05) is 65.3 Å². The van der Waals surface area contributed by atoms with Crippen molar-refractivity contribution in [2.24, 2.45) is 15.7 Å². The predicted molar refractivity (Wildman–Crippen MR) is 146 cm³/mol. The molecule has 3 aromatic carbocycles. The van der Waals surface area contributed by atoms with Crippen molar-refractivity contribution in [2.75, 3.05) is 14.1 Å². The summed E-state index contributed by atoms with van der Waals surface area (Å²) in [6.07, 6.45) is 1.73. The maximum absolute atomic E-state index is 14.7. The minimum Gasteiger partial charge on any atom is -0.369 e. The van der Waals surface area contributed by atoms with Gasteiger partial charge in [0.2, 0.25) is 0 Å². The number of halogens is 2. The average Bonchev–Trinajstić information content (AvgIpc) is 3.05. The van der Waals surface area contributed by atoms with Crippen LogP contribution in [0.25, 0.3) is 11.3 Å². The molecule has 1 aliphatic rings. The van der Waals surface area contributed by atoms with Gasteiger partial charge in [-0.1, -0.05) is 29.8 Å². The van der Waals surface area contributed by atoms with Crippen LogP contribution in [0.5, 0.6) is 0 Å². The van der Waals surface area contributed by atoms with E-state index in [2.05, 4.69) is 9.98 Å². The first kappa shape index (κ1) is 25.2. The van der Waals surface area contributed by atoms with Gasteiger partial charge < -0.3 is 10.6 Å². The van der Waals surface area contributed by atoms with Crippen LogP contribution in [0, 0.1) is 5.82 Å². The van der Waals surface area contributed by atoms with E-state index in [0.717, 1.165) is 16.8 Å². The number of guanidine groups is 1. The minimum absolute atomic E-state index is 0.132. The third-order valence-electron chi connectivity index (χ3n) is 6.04. The zero-order valence-corrected chi connectivity index (χ0v) is 21.4. The van der Waals surface area contributed by atoms with Gasteiger partial charge in [-0.15, -0.1) is 0 Å². The number of fused-ring (bicyclic) bond motifs is 3. The molecule has 0 fully saturated rings. The van der Waals surface area contributed by atoms with Crippen LogP contribution in [0.4, 0.5) is 16.0 Å². The molecule has 4 N–H and O–H groups in total. The highest BCUT2D eigenvalue weighted by Gasteiger charge is 2.23. The number of aromatic nitrogens is 2. The van der Waals surface area contributed by atoms with Crippen LogP contribution < -0.4 is 11.1 Å². The summed E-state index contributed by atoms with van der Waals surface area (Å²) < 4.78 is 14.7. The Morgan fingerprint density at radius 3 is 2.55 bits per heavy atom. The van der Waals surface area contributed by atoms with Gasteiger partial charge in [0.25, 0.3) is 5.91 Å². The summed E-state index contributed by atoms with van der Waals surface area (Å²) in [5.41, 5.74) is 10.9. The van der Waals surface area contributed by atoms with Crippen molar-refractivity contribution in [3.05, 3.63) is 106 Å². The molecule has 1 amide bonds. The first-order valence-electron chi connectivity index (χ1n) is 11.8. The molecule has 8 nitrogen and oxygen atoms in total. The van der Waals surface area contributed by atoms with Gasteiger partial charge in [-0.3, -0.25) is 9.79 Å². The molecular formula is C28H24ClFN7O+. The Hall–Kier alpha value is -4.47. The van der Waals surface area contributed by atoms with Gasteiger partial charge in [0.05, 0.1) is 18.0 Å². The van der Waals surface area contributed by atoms with Crippen molar-refractivity contribution < 1.29 is 14.5 Å². The summed E-state index contributed by atoms with van der Waals surface area (Å²) in [6.45, 7) is 0.291. The number of nitrogens with two attached hydrogens (primary N) is 2. The Kier molecular flexibility index (Phi) is 6.95. The van der Waals surface area contributed by atoms with E-state index in [0.29, 0.717) is 45.6 Å². The molecule has 4 aromatic rings. The second kappa shape index (κ2) is 10.5. The lowest BCUT2D eigenvalue weighted by molar-refractivity contribution is -0.487. The number of hydrogen-bond donors (Lipinski definition) is 2. The molecule has 0 spiro atoms. The maximum atomic E-state index is 14.7. The van der Waals surface area contributed by atoms with E-state index < -0.39 is 5.91 Å². The molecule has 0 bridgehead atoms. The molecule has 2 heterocycles. The standard InChI is InChI=1S/C28H23ClFN7O/c1-37(2)27(31)36-26(38)16-7-10-19(11-8-16)34-28-33-15-17-14-32-25(21-5-3-4-6-23(21)30)22-13-18(29)9-12-20(22)24(17)35-28/h3-13,15H,14H2,1-2H3,(H2,31,36,38)(H,33,34,35)/p+1. The van der Waals surface area contributed by atoms with Crippen molar-refractivity contribution in [1.29, 1.82) is 0 Å². The number of carbonyl (C=O) groups is 1. The Labute approximate surface area is 223 Å². The molecular weight excluding hydrogens is 505 g/mol. The lowest BCUT2D eigenvalue weighted by Gasteiger charge is -2.12. The molecule has 0 saturated heterocycles. The Balaban J connectivity index is 1.46. The van der Waals surface area contributed by atoms with Gasteiger partial charge in [-0.2, -0.15) is 15.0 Å². The van der Waals surface area contributed by atoms with Crippen LogP contribution in [-0.4, -0.2) is 46.5 Å². The summed E-state index contributed by atoms with van der Waals surface area (Å²) >= 11 is 6.34. The monoisotopic (exact) mass is 528 g/mol. The fraction of sp³-hybridized carbons (Fsp3) is 0.107. The summed E-state index contributed by atoms with van der Waals surface area (Å²) in [6, 6.07) is 18.9. The number of quaternary nitrogens is 1. The zero-order valence-electron chi connectivity index (χ0n) is 20.7. The minimum atomic E-state index is -0.426. The SMILES string of the molecule is CN(C)C(N)=NC(=O)c1ccc([NH2+]c2ncc3c(n2)-c2ccc(Cl)cc2C(c2ccccc2F)=NC3)cc1. The van der Waals surface area contributed by atoms with E-state index in [9.17, 15) is 9.18 Å². The summed E-state index contributed by atoms with van der Waals surface area (Å²) in [5.74, 6) is -0.175. The third-order valence-corrected chi connectivity index (χ3v) is 6.27. The van der Waals surface area contributed by atoms with Crippen molar-refractivity contribution >= 4 is 40.8 Å². The van der Waals surface area contributed by atoms with Crippen LogP contribution >= 0.6 is 11.6 Å². The number of aliphatic imine (C=N–C) groups is 2. The summed E-state index contributed by atoms with van der Waals surface area (Å²) in [4.78, 5) is 31.8. The molecule has 0 unspecified atom stereocenters. The number of rotatable bonds is 4. The first-order chi connectivity index (χ1) is 18.3. The van der Waals surface area contributed by atoms with E-state index in [-0.39, 0.29) is 11.8 Å². The fourth-order valence-corrected chi connectivity index (χ4v) is 4.20. The highest BCUT2D eigenvalue weighted by atomic mass is 35.5. The molecule has 0 radical (unpaired) electrons. The van der Waals surface area contributed by atoms with Crippen LogP contribution in [0.15, 0.2) is 82.9 Å². The molecule has 5 rings (SSSR count). The van der Waals surface area contributed by atoms with Crippen molar-refractivity contribution in [1.82, 2.24) is 14.9 Å². The Morgan fingerprint density at radius 2 is 1.82 bits per heavy atom. The topological polar surface area (TPSA) is 113 Å². The van der Waals surface area contributed by atoms with Crippen molar-refractivity contribution in [3.8, 4) is 11.3 Å². The number of benzene rings is 3. The van der Waals surface area contributed by atoms with Crippen LogP contribution in [0.2, 0.25) is 5.02 Å². The van der Waals surface area contributed by atoms with E-state index in [4.69, 9.17) is 27.3 Å². The quantitative estimate of drug-likeness (QED) is 0.237. The lowest BCUT2D eigenvalue weighted by atomic mass is 9.95. The zero-order chi connectivity index (χ0) is 26.8. The highest BCUT2D eigenvalue weighted by Crippen LogP contribution is 2.33. The second-order valence-corrected chi connectivity index (χ2v) is 9.31. The van der Waals surface area contributed by atoms with Crippen LogP contribution in [0.3, 0.4) is 0 Å². The summed E-state index contributed by atoms with van der Waals surface area (Å²) in [7, 11) is 3.43.